The van der Waals surface area contributed by atoms with Crippen LogP contribution in [0.4, 0.5) is 4.79 Å². The molecule has 2 atom stereocenters. The maximum atomic E-state index is 14.0. The van der Waals surface area contributed by atoms with Crippen LogP contribution in [0.25, 0.3) is 0 Å². The highest BCUT2D eigenvalue weighted by molar-refractivity contribution is 6.12. The fourth-order valence-corrected chi connectivity index (χ4v) is 4.26. The number of amides is 1. The number of hydrogen-bond acceptors (Lipinski definition) is 7. The lowest BCUT2D eigenvalue weighted by molar-refractivity contribution is -0.148. The molecule has 0 bridgehead atoms. The molecule has 0 aliphatic carbocycles. The van der Waals surface area contributed by atoms with Crippen molar-refractivity contribution < 1.29 is 23.9 Å². The third-order valence-electron chi connectivity index (χ3n) is 5.80. The molecule has 0 spiro atoms. The van der Waals surface area contributed by atoms with Crippen molar-refractivity contribution in [1.82, 2.24) is 10.6 Å². The van der Waals surface area contributed by atoms with Crippen molar-refractivity contribution in [1.29, 1.82) is 0 Å². The van der Waals surface area contributed by atoms with Gasteiger partial charge in [-0.25, -0.2) is 9.59 Å². The van der Waals surface area contributed by atoms with Crippen LogP contribution in [0.1, 0.15) is 87.0 Å². The monoisotopic (exact) mass is 467 g/mol. The number of carbonyl (C=O) groups excluding carboxylic acids is 3. The fourth-order valence-electron chi connectivity index (χ4n) is 4.26. The molecule has 0 saturated heterocycles. The number of hydrogen-bond donors (Lipinski definition) is 3. The number of carbonyl (C=O) groups is 3. The highest BCUT2D eigenvalue weighted by Gasteiger charge is 2.55. The van der Waals surface area contributed by atoms with E-state index in [1.807, 2.05) is 13.8 Å². The Hall–Kier alpha value is -2.09. The Labute approximate surface area is 199 Å². The predicted octanol–water partition coefficient (Wildman–Crippen LogP) is 3.83. The molecule has 1 heterocycles. The molecule has 0 radical (unpaired) electrons. The van der Waals surface area contributed by atoms with E-state index in [2.05, 4.69) is 24.5 Å². The Morgan fingerprint density at radius 3 is 2.24 bits per heavy atom. The van der Waals surface area contributed by atoms with E-state index in [1.165, 1.54) is 7.11 Å². The molecule has 33 heavy (non-hydrogen) atoms. The first kappa shape index (κ1) is 28.9. The summed E-state index contributed by atoms with van der Waals surface area (Å²) in [5, 5.41) is 6.04. The van der Waals surface area contributed by atoms with Gasteiger partial charge in [-0.2, -0.15) is 0 Å². The van der Waals surface area contributed by atoms with Crippen LogP contribution < -0.4 is 16.4 Å². The van der Waals surface area contributed by atoms with Gasteiger partial charge < -0.3 is 25.8 Å². The van der Waals surface area contributed by atoms with Crippen molar-refractivity contribution in [3.05, 3.63) is 11.8 Å². The summed E-state index contributed by atoms with van der Waals surface area (Å²) in [6.45, 7) is 13.9. The smallest absolute Gasteiger partial charge is 0.408 e. The second kappa shape index (κ2) is 11.9. The van der Waals surface area contributed by atoms with E-state index in [4.69, 9.17) is 15.2 Å². The van der Waals surface area contributed by atoms with Crippen molar-refractivity contribution in [3.63, 3.8) is 0 Å². The second-order valence-corrected chi connectivity index (χ2v) is 10.9. The number of alkyl carbamates (subject to hydrolysis) is 1. The number of nitrogens with one attached hydrogen (secondary N) is 2. The molecule has 1 aliphatic heterocycles. The van der Waals surface area contributed by atoms with Gasteiger partial charge in [-0.15, -0.1) is 0 Å². The van der Waals surface area contributed by atoms with Crippen molar-refractivity contribution in [2.45, 2.75) is 104 Å². The SMILES string of the molecule is COC(=O)[C@](CC(C)C)(NC(=O)OC(C)(C)C)C1=CN[C@@](CCCCN)(CCC(C)C)C1=O. The normalized spacial score (nSPS) is 20.3. The first-order chi connectivity index (χ1) is 15.2. The lowest BCUT2D eigenvalue weighted by Gasteiger charge is -2.36. The maximum Gasteiger partial charge on any atom is 0.408 e. The van der Waals surface area contributed by atoms with Gasteiger partial charge in [-0.3, -0.25) is 4.79 Å². The minimum Gasteiger partial charge on any atom is -0.467 e. The van der Waals surface area contributed by atoms with Gasteiger partial charge in [0.2, 0.25) is 0 Å². The minimum atomic E-state index is -1.65. The molecule has 1 aliphatic rings. The van der Waals surface area contributed by atoms with E-state index in [9.17, 15) is 14.4 Å². The molecular formula is C25H45N3O5. The van der Waals surface area contributed by atoms with Crippen LogP contribution in [-0.2, 0) is 19.1 Å². The molecule has 0 unspecified atom stereocenters. The summed E-state index contributed by atoms with van der Waals surface area (Å²) < 4.78 is 10.6. The molecule has 1 amide bonds. The van der Waals surface area contributed by atoms with E-state index >= 15 is 0 Å². The number of esters is 1. The molecule has 0 aromatic carbocycles. The van der Waals surface area contributed by atoms with Crippen LogP contribution >= 0.6 is 0 Å². The molecule has 0 saturated carbocycles. The largest absolute Gasteiger partial charge is 0.467 e. The number of unbranched alkanes of at least 4 members (excludes halogenated alkanes) is 1. The van der Waals surface area contributed by atoms with E-state index < -0.39 is 28.7 Å². The summed E-state index contributed by atoms with van der Waals surface area (Å²) in [6.07, 6.45) is 4.67. The molecule has 8 nitrogen and oxygen atoms in total. The quantitative estimate of drug-likeness (QED) is 0.295. The van der Waals surface area contributed by atoms with E-state index in [-0.39, 0.29) is 23.7 Å². The number of nitrogens with two attached hydrogens (primary N) is 1. The third-order valence-corrected chi connectivity index (χ3v) is 5.80. The number of rotatable bonds is 12. The summed E-state index contributed by atoms with van der Waals surface area (Å²) in [7, 11) is 1.26. The van der Waals surface area contributed by atoms with Crippen LogP contribution in [0.5, 0.6) is 0 Å². The Balaban J connectivity index is 3.45. The molecule has 4 N–H and O–H groups in total. The summed E-state index contributed by atoms with van der Waals surface area (Å²) in [6, 6.07) is 0. The predicted molar refractivity (Wildman–Crippen MR) is 130 cm³/mol. The molecule has 0 aromatic heterocycles. The van der Waals surface area contributed by atoms with Crippen molar-refractivity contribution in [2.24, 2.45) is 17.6 Å². The van der Waals surface area contributed by atoms with Crippen LogP contribution in [0.15, 0.2) is 11.8 Å². The molecular weight excluding hydrogens is 422 g/mol. The van der Waals surface area contributed by atoms with Crippen LogP contribution in [-0.4, -0.2) is 48.2 Å². The third kappa shape index (κ3) is 7.73. The number of methoxy groups -OCH3 is 1. The first-order valence-electron chi connectivity index (χ1n) is 12.1. The lowest BCUT2D eigenvalue weighted by atomic mass is 9.74. The molecule has 1 rings (SSSR count). The minimum absolute atomic E-state index is 0.0179. The van der Waals surface area contributed by atoms with Crippen molar-refractivity contribution in [3.8, 4) is 0 Å². The van der Waals surface area contributed by atoms with Crippen molar-refractivity contribution >= 4 is 17.8 Å². The van der Waals surface area contributed by atoms with Gasteiger partial charge in [0.05, 0.1) is 12.7 Å². The Morgan fingerprint density at radius 2 is 1.76 bits per heavy atom. The van der Waals surface area contributed by atoms with Crippen LogP contribution in [0.2, 0.25) is 0 Å². The van der Waals surface area contributed by atoms with Gasteiger partial charge in [0.15, 0.2) is 11.3 Å². The molecule has 8 heteroatoms. The zero-order valence-electron chi connectivity index (χ0n) is 21.8. The number of ether oxygens (including phenoxy) is 2. The standard InChI is InChI=1S/C25H45N3O5/c1-17(2)11-13-24(12-9-10-14-26)20(29)19(16-27-24)25(15-18(3)4,21(30)32-8)28-22(31)33-23(5,6)7/h16-18,27H,9-15,26H2,1-8H3,(H,28,31)/t24-,25+/m0/s1. The summed E-state index contributed by atoms with van der Waals surface area (Å²) >= 11 is 0. The van der Waals surface area contributed by atoms with Crippen molar-refractivity contribution in [2.75, 3.05) is 13.7 Å². The van der Waals surface area contributed by atoms with Gasteiger partial charge in [-0.05, 0) is 77.7 Å². The highest BCUT2D eigenvalue weighted by atomic mass is 16.6. The van der Waals surface area contributed by atoms with Gasteiger partial charge >= 0.3 is 12.1 Å². The lowest BCUT2D eigenvalue weighted by Crippen LogP contribution is -2.60. The summed E-state index contributed by atoms with van der Waals surface area (Å²) in [5.74, 6) is -0.473. The average Bonchev–Trinajstić information content (AvgIpc) is 3.00. The number of Topliss-reactive ketones (excluding diaryl/α,β-unsaturated/α-hetero) is 1. The van der Waals surface area contributed by atoms with Gasteiger partial charge in [0.1, 0.15) is 11.1 Å². The fraction of sp³-hybridized carbons (Fsp3) is 0.800. The van der Waals surface area contributed by atoms with Crippen LogP contribution in [0.3, 0.4) is 0 Å². The maximum absolute atomic E-state index is 14.0. The van der Waals surface area contributed by atoms with Gasteiger partial charge in [0.25, 0.3) is 0 Å². The summed E-state index contributed by atoms with van der Waals surface area (Å²) in [4.78, 5) is 40.0. The van der Waals surface area contributed by atoms with E-state index in [0.29, 0.717) is 25.3 Å². The van der Waals surface area contributed by atoms with Crippen LogP contribution in [0, 0.1) is 11.8 Å². The molecule has 0 fully saturated rings. The Bertz CT molecular complexity index is 726. The van der Waals surface area contributed by atoms with E-state index in [0.717, 1.165) is 19.3 Å². The zero-order chi connectivity index (χ0) is 25.4. The average molecular weight is 468 g/mol. The Kier molecular flexibility index (Phi) is 10.4. The number of ketones is 1. The second-order valence-electron chi connectivity index (χ2n) is 10.9. The molecule has 190 valence electrons. The highest BCUT2D eigenvalue weighted by Crippen LogP contribution is 2.38. The van der Waals surface area contributed by atoms with E-state index in [1.54, 1.807) is 27.0 Å². The van der Waals surface area contributed by atoms with Gasteiger partial charge in [0, 0.05) is 6.20 Å². The summed E-state index contributed by atoms with van der Waals surface area (Å²) in [5.41, 5.74) is 2.65. The zero-order valence-corrected chi connectivity index (χ0v) is 21.8. The molecule has 0 aromatic rings. The topological polar surface area (TPSA) is 120 Å². The van der Waals surface area contributed by atoms with Gasteiger partial charge in [-0.1, -0.05) is 27.7 Å². The first-order valence-corrected chi connectivity index (χ1v) is 12.1. The Morgan fingerprint density at radius 1 is 1.12 bits per heavy atom.